The zero-order chi connectivity index (χ0) is 18.5. The number of carbonyl (C=O) groups is 2. The maximum Gasteiger partial charge on any atom is 0.276 e. The molecule has 136 valence electrons. The Morgan fingerprint density at radius 1 is 1.15 bits per heavy atom. The predicted octanol–water partition coefficient (Wildman–Crippen LogP) is 2.77. The zero-order valence-electron chi connectivity index (χ0n) is 13.6. The lowest BCUT2D eigenvalue weighted by molar-refractivity contribution is -0.132. The third-order valence-corrected chi connectivity index (χ3v) is 4.37. The van der Waals surface area contributed by atoms with Crippen molar-refractivity contribution in [1.29, 1.82) is 0 Å². The lowest BCUT2D eigenvalue weighted by Gasteiger charge is -2.24. The molecule has 0 saturated heterocycles. The van der Waals surface area contributed by atoms with E-state index in [9.17, 15) is 9.59 Å². The van der Waals surface area contributed by atoms with E-state index < -0.39 is 11.8 Å². The van der Waals surface area contributed by atoms with Crippen LogP contribution in [-0.4, -0.2) is 25.0 Å². The number of hydrazine groups is 1. The Labute approximate surface area is 160 Å². The largest absolute Gasteiger partial charge is 0.492 e. The molecule has 0 spiro atoms. The van der Waals surface area contributed by atoms with E-state index in [2.05, 4.69) is 10.9 Å². The molecule has 0 radical (unpaired) electrons. The van der Waals surface area contributed by atoms with Crippen molar-refractivity contribution in [2.45, 2.75) is 6.42 Å². The molecule has 1 aliphatic rings. The fourth-order valence-corrected chi connectivity index (χ4v) is 2.89. The molecule has 8 heteroatoms. The molecule has 6 nitrogen and oxygen atoms in total. The van der Waals surface area contributed by atoms with Crippen molar-refractivity contribution in [2.75, 3.05) is 13.2 Å². The van der Waals surface area contributed by atoms with E-state index in [-0.39, 0.29) is 19.1 Å². The second-order valence-electron chi connectivity index (χ2n) is 5.72. The Bertz CT molecular complexity index is 829. The Morgan fingerprint density at radius 3 is 2.77 bits per heavy atom. The molecule has 0 saturated carbocycles. The Hall–Kier alpha value is -2.44. The first-order valence-corrected chi connectivity index (χ1v) is 8.66. The summed E-state index contributed by atoms with van der Waals surface area (Å²) in [7, 11) is 0. The highest BCUT2D eigenvalue weighted by molar-refractivity contribution is 6.32. The normalized spacial score (nSPS) is 15.4. The van der Waals surface area contributed by atoms with Gasteiger partial charge in [0, 0.05) is 5.02 Å². The number of nitrogens with one attached hydrogen (secondary N) is 2. The Balaban J connectivity index is 1.47. The van der Waals surface area contributed by atoms with Crippen LogP contribution in [-0.2, 0) is 16.0 Å². The standard InChI is InChI=1S/C18H16Cl2N2O4/c19-13-5-6-15-11(8-13)7-12(9-25-15)18(24)22-21-17(23)10-26-16-4-2-1-3-14(16)20/h1-6,8,12H,7,9-10H2,(H,21,23)(H,22,24)/t12-/m0/s1. The predicted molar refractivity (Wildman–Crippen MR) is 97.4 cm³/mol. The Kier molecular flexibility index (Phi) is 5.85. The highest BCUT2D eigenvalue weighted by Gasteiger charge is 2.26. The molecule has 2 amide bonds. The first kappa shape index (κ1) is 18.4. The van der Waals surface area contributed by atoms with Crippen molar-refractivity contribution in [3.63, 3.8) is 0 Å². The van der Waals surface area contributed by atoms with Gasteiger partial charge in [-0.2, -0.15) is 0 Å². The number of ether oxygens (including phenoxy) is 2. The van der Waals surface area contributed by atoms with Gasteiger partial charge in [0.15, 0.2) is 6.61 Å². The molecule has 0 unspecified atom stereocenters. The van der Waals surface area contributed by atoms with Crippen LogP contribution in [0.25, 0.3) is 0 Å². The van der Waals surface area contributed by atoms with Crippen LogP contribution in [0, 0.1) is 5.92 Å². The van der Waals surface area contributed by atoms with Crippen LogP contribution in [0.1, 0.15) is 5.56 Å². The maximum absolute atomic E-state index is 12.2. The fourth-order valence-electron chi connectivity index (χ4n) is 2.51. The number of fused-ring (bicyclic) bond motifs is 1. The van der Waals surface area contributed by atoms with Crippen LogP contribution >= 0.6 is 23.2 Å². The average Bonchev–Trinajstić information content (AvgIpc) is 2.64. The van der Waals surface area contributed by atoms with Crippen LogP contribution in [0.3, 0.4) is 0 Å². The molecule has 1 atom stereocenters. The fraction of sp³-hybridized carbons (Fsp3) is 0.222. The number of hydrogen-bond donors (Lipinski definition) is 2. The SMILES string of the molecule is O=C(COc1ccccc1Cl)NNC(=O)[C@@H]1COc2ccc(Cl)cc2C1. The minimum absolute atomic E-state index is 0.229. The number of carbonyl (C=O) groups excluding carboxylic acids is 2. The molecule has 0 aliphatic carbocycles. The lowest BCUT2D eigenvalue weighted by Crippen LogP contribution is -2.48. The summed E-state index contributed by atoms with van der Waals surface area (Å²) in [5, 5.41) is 0.986. The van der Waals surface area contributed by atoms with E-state index in [1.165, 1.54) is 0 Å². The number of halogens is 2. The third kappa shape index (κ3) is 4.59. The van der Waals surface area contributed by atoms with Gasteiger partial charge in [0.2, 0.25) is 5.91 Å². The summed E-state index contributed by atoms with van der Waals surface area (Å²) in [4.78, 5) is 24.0. The van der Waals surface area contributed by atoms with Crippen LogP contribution < -0.4 is 20.3 Å². The number of rotatable bonds is 4. The lowest BCUT2D eigenvalue weighted by atomic mass is 9.96. The summed E-state index contributed by atoms with van der Waals surface area (Å²) >= 11 is 11.9. The topological polar surface area (TPSA) is 76.7 Å². The average molecular weight is 395 g/mol. The van der Waals surface area contributed by atoms with Gasteiger partial charge in [-0.1, -0.05) is 35.3 Å². The number of hydrogen-bond acceptors (Lipinski definition) is 4. The summed E-state index contributed by atoms with van der Waals surface area (Å²) in [5.74, 6) is -0.161. The number of benzene rings is 2. The summed E-state index contributed by atoms with van der Waals surface area (Å²) in [6, 6.07) is 12.1. The van der Waals surface area contributed by atoms with E-state index >= 15 is 0 Å². The number of para-hydroxylation sites is 1. The summed E-state index contributed by atoms with van der Waals surface area (Å²) in [6.45, 7) is -0.0456. The van der Waals surface area contributed by atoms with Crippen molar-refractivity contribution in [2.24, 2.45) is 5.92 Å². The van der Waals surface area contributed by atoms with Gasteiger partial charge in [0.1, 0.15) is 18.1 Å². The smallest absolute Gasteiger partial charge is 0.276 e. The highest BCUT2D eigenvalue weighted by atomic mass is 35.5. The van der Waals surface area contributed by atoms with Gasteiger partial charge in [0.05, 0.1) is 10.9 Å². The summed E-state index contributed by atoms with van der Waals surface area (Å²) in [5.41, 5.74) is 5.56. The van der Waals surface area contributed by atoms with Crippen LogP contribution in [0.5, 0.6) is 11.5 Å². The monoisotopic (exact) mass is 394 g/mol. The first-order chi connectivity index (χ1) is 12.5. The Morgan fingerprint density at radius 2 is 1.96 bits per heavy atom. The molecule has 2 N–H and O–H groups in total. The van der Waals surface area contributed by atoms with E-state index in [0.717, 1.165) is 11.3 Å². The quantitative estimate of drug-likeness (QED) is 0.781. The van der Waals surface area contributed by atoms with Crippen molar-refractivity contribution in [3.8, 4) is 11.5 Å². The third-order valence-electron chi connectivity index (χ3n) is 3.82. The van der Waals surface area contributed by atoms with E-state index in [1.54, 1.807) is 42.5 Å². The molecular weight excluding hydrogens is 379 g/mol. The minimum atomic E-state index is -0.501. The second-order valence-corrected chi connectivity index (χ2v) is 6.56. The van der Waals surface area contributed by atoms with Gasteiger partial charge in [0.25, 0.3) is 5.91 Å². The van der Waals surface area contributed by atoms with Gasteiger partial charge in [-0.25, -0.2) is 0 Å². The van der Waals surface area contributed by atoms with Gasteiger partial charge in [-0.05, 0) is 42.3 Å². The molecule has 0 aromatic heterocycles. The summed E-state index contributed by atoms with van der Waals surface area (Å²) < 4.78 is 10.9. The minimum Gasteiger partial charge on any atom is -0.492 e. The van der Waals surface area contributed by atoms with Crippen molar-refractivity contribution in [3.05, 3.63) is 58.1 Å². The van der Waals surface area contributed by atoms with Crippen molar-refractivity contribution >= 4 is 35.0 Å². The molecule has 1 heterocycles. The van der Waals surface area contributed by atoms with Gasteiger partial charge in [-0.15, -0.1) is 0 Å². The van der Waals surface area contributed by atoms with Gasteiger partial charge >= 0.3 is 0 Å². The van der Waals surface area contributed by atoms with Crippen molar-refractivity contribution in [1.82, 2.24) is 10.9 Å². The first-order valence-electron chi connectivity index (χ1n) is 7.90. The van der Waals surface area contributed by atoms with E-state index in [0.29, 0.717) is 22.2 Å². The molecular formula is C18H16Cl2N2O4. The van der Waals surface area contributed by atoms with Crippen molar-refractivity contribution < 1.29 is 19.1 Å². The van der Waals surface area contributed by atoms with Crippen LogP contribution in [0.4, 0.5) is 0 Å². The second kappa shape index (κ2) is 8.29. The van der Waals surface area contributed by atoms with Gasteiger partial charge in [-0.3, -0.25) is 20.4 Å². The molecule has 3 rings (SSSR count). The molecule has 2 aromatic carbocycles. The van der Waals surface area contributed by atoms with E-state index in [4.69, 9.17) is 32.7 Å². The zero-order valence-corrected chi connectivity index (χ0v) is 15.1. The summed E-state index contributed by atoms with van der Waals surface area (Å²) in [6.07, 6.45) is 0.480. The molecule has 26 heavy (non-hydrogen) atoms. The number of amides is 2. The molecule has 2 aromatic rings. The molecule has 0 bridgehead atoms. The van der Waals surface area contributed by atoms with Crippen LogP contribution in [0.2, 0.25) is 10.0 Å². The van der Waals surface area contributed by atoms with Gasteiger partial charge < -0.3 is 9.47 Å². The van der Waals surface area contributed by atoms with Crippen LogP contribution in [0.15, 0.2) is 42.5 Å². The molecule has 0 fully saturated rings. The highest BCUT2D eigenvalue weighted by Crippen LogP contribution is 2.29. The maximum atomic E-state index is 12.2. The van der Waals surface area contributed by atoms with E-state index in [1.807, 2.05) is 0 Å². The molecule has 1 aliphatic heterocycles.